The van der Waals surface area contributed by atoms with Crippen LogP contribution < -0.4 is 0 Å². The monoisotopic (exact) mass is 315 g/mol. The van der Waals surface area contributed by atoms with Crippen molar-refractivity contribution in [1.29, 1.82) is 0 Å². The van der Waals surface area contributed by atoms with Crippen LogP contribution in [0.25, 0.3) is 11.4 Å². The maximum absolute atomic E-state index is 12.3. The molecule has 1 aliphatic rings. The Hall–Kier alpha value is -2.77. The van der Waals surface area contributed by atoms with Gasteiger partial charge < -0.3 is 14.3 Å². The Balaban J connectivity index is 1.61. The summed E-state index contributed by atoms with van der Waals surface area (Å²) in [7, 11) is 1.67. The fourth-order valence-corrected chi connectivity index (χ4v) is 2.23. The molecule has 1 aliphatic heterocycles. The van der Waals surface area contributed by atoms with Crippen LogP contribution >= 0.6 is 0 Å². The summed E-state index contributed by atoms with van der Waals surface area (Å²) < 4.78 is 5.19. The second-order valence-electron chi connectivity index (χ2n) is 5.26. The summed E-state index contributed by atoms with van der Waals surface area (Å²) in [5.74, 6) is 0.648. The van der Waals surface area contributed by atoms with Crippen molar-refractivity contribution in [2.75, 3.05) is 7.05 Å². The standard InChI is InChI=1S/C15H17N5O3/c1-3-11-7-12(22-18-11)15(21)20(2)9-13-17-14(19-23-13)10-5-4-6-16-8-10/h4-6,8,12H,3,7,9H2,1-2H3. The zero-order chi connectivity index (χ0) is 16.2. The normalized spacial score (nSPS) is 16.8. The molecule has 0 spiro atoms. The van der Waals surface area contributed by atoms with Gasteiger partial charge in [0.2, 0.25) is 17.8 Å². The number of hydrogen-bond acceptors (Lipinski definition) is 7. The van der Waals surface area contributed by atoms with Gasteiger partial charge in [-0.05, 0) is 18.6 Å². The van der Waals surface area contributed by atoms with Crippen molar-refractivity contribution in [3.8, 4) is 11.4 Å². The summed E-state index contributed by atoms with van der Waals surface area (Å²) in [6, 6.07) is 3.64. The molecule has 0 fully saturated rings. The number of aromatic nitrogens is 3. The SMILES string of the molecule is CCC1=NOC(C(=O)N(C)Cc2nc(-c3cccnc3)no2)C1. The summed E-state index contributed by atoms with van der Waals surface area (Å²) in [6.45, 7) is 2.20. The van der Waals surface area contributed by atoms with E-state index in [4.69, 9.17) is 9.36 Å². The van der Waals surface area contributed by atoms with Gasteiger partial charge in [-0.2, -0.15) is 4.98 Å². The highest BCUT2D eigenvalue weighted by Crippen LogP contribution is 2.17. The summed E-state index contributed by atoms with van der Waals surface area (Å²) in [4.78, 5) is 27.3. The molecule has 2 aromatic heterocycles. The third-order valence-electron chi connectivity index (χ3n) is 3.55. The van der Waals surface area contributed by atoms with Gasteiger partial charge in [0, 0.05) is 31.4 Å². The molecule has 1 atom stereocenters. The Bertz CT molecular complexity index is 713. The van der Waals surface area contributed by atoms with Crippen LogP contribution in [0.15, 0.2) is 34.2 Å². The third kappa shape index (κ3) is 3.36. The average Bonchev–Trinajstić information content (AvgIpc) is 3.24. The summed E-state index contributed by atoms with van der Waals surface area (Å²) in [5.41, 5.74) is 1.66. The van der Waals surface area contributed by atoms with E-state index in [1.165, 1.54) is 4.90 Å². The molecule has 1 unspecified atom stereocenters. The second kappa shape index (κ2) is 6.55. The number of hydrogen-bond donors (Lipinski definition) is 0. The molecule has 0 saturated carbocycles. The molecule has 3 heterocycles. The Morgan fingerprint density at radius 2 is 2.35 bits per heavy atom. The van der Waals surface area contributed by atoms with Gasteiger partial charge in [-0.25, -0.2) is 0 Å². The predicted molar refractivity (Wildman–Crippen MR) is 81.2 cm³/mol. The molecule has 23 heavy (non-hydrogen) atoms. The molecular formula is C15H17N5O3. The number of nitrogens with zero attached hydrogens (tertiary/aromatic N) is 5. The van der Waals surface area contributed by atoms with Crippen molar-refractivity contribution < 1.29 is 14.2 Å². The molecule has 120 valence electrons. The van der Waals surface area contributed by atoms with Gasteiger partial charge >= 0.3 is 0 Å². The van der Waals surface area contributed by atoms with Crippen molar-refractivity contribution in [2.45, 2.75) is 32.4 Å². The van der Waals surface area contributed by atoms with E-state index in [1.54, 1.807) is 25.5 Å². The van der Waals surface area contributed by atoms with Gasteiger partial charge in [-0.15, -0.1) is 0 Å². The minimum absolute atomic E-state index is 0.154. The minimum atomic E-state index is -0.560. The first-order valence-electron chi connectivity index (χ1n) is 7.37. The lowest BCUT2D eigenvalue weighted by Gasteiger charge is -2.17. The molecule has 8 heteroatoms. The molecule has 0 aromatic carbocycles. The summed E-state index contributed by atoms with van der Waals surface area (Å²) in [6.07, 6.45) is 4.08. The highest BCUT2D eigenvalue weighted by Gasteiger charge is 2.30. The van der Waals surface area contributed by atoms with Crippen molar-refractivity contribution in [1.82, 2.24) is 20.0 Å². The molecule has 0 radical (unpaired) electrons. The van der Waals surface area contributed by atoms with E-state index in [0.717, 1.165) is 17.7 Å². The van der Waals surface area contributed by atoms with E-state index in [2.05, 4.69) is 20.3 Å². The van der Waals surface area contributed by atoms with Crippen LogP contribution in [0.4, 0.5) is 0 Å². The van der Waals surface area contributed by atoms with Crippen molar-refractivity contribution in [2.24, 2.45) is 5.16 Å². The van der Waals surface area contributed by atoms with Gasteiger partial charge in [0.25, 0.3) is 5.91 Å². The first-order valence-corrected chi connectivity index (χ1v) is 7.37. The lowest BCUT2D eigenvalue weighted by atomic mass is 10.1. The van der Waals surface area contributed by atoms with Crippen LogP contribution in [0, 0.1) is 0 Å². The van der Waals surface area contributed by atoms with Crippen LogP contribution in [0.1, 0.15) is 25.7 Å². The third-order valence-corrected chi connectivity index (χ3v) is 3.55. The second-order valence-corrected chi connectivity index (χ2v) is 5.26. The molecule has 0 saturated heterocycles. The maximum Gasteiger partial charge on any atom is 0.267 e. The highest BCUT2D eigenvalue weighted by molar-refractivity contribution is 5.92. The fourth-order valence-electron chi connectivity index (χ4n) is 2.23. The molecule has 1 amide bonds. The lowest BCUT2D eigenvalue weighted by molar-refractivity contribution is -0.141. The Morgan fingerprint density at radius 3 is 3.04 bits per heavy atom. The van der Waals surface area contributed by atoms with Crippen LogP contribution in [0.5, 0.6) is 0 Å². The van der Waals surface area contributed by atoms with Gasteiger partial charge in [0.1, 0.15) is 0 Å². The zero-order valence-electron chi connectivity index (χ0n) is 13.0. The van der Waals surface area contributed by atoms with Crippen LogP contribution in [-0.2, 0) is 16.2 Å². The number of rotatable bonds is 5. The predicted octanol–water partition coefficient (Wildman–Crippen LogP) is 1.64. The first kappa shape index (κ1) is 15.1. The van der Waals surface area contributed by atoms with Crippen LogP contribution in [0.2, 0.25) is 0 Å². The average molecular weight is 315 g/mol. The van der Waals surface area contributed by atoms with Crippen molar-refractivity contribution in [3.63, 3.8) is 0 Å². The maximum atomic E-state index is 12.3. The lowest BCUT2D eigenvalue weighted by Crippen LogP contribution is -2.36. The summed E-state index contributed by atoms with van der Waals surface area (Å²) in [5, 5.41) is 7.80. The largest absolute Gasteiger partial charge is 0.382 e. The Morgan fingerprint density at radius 1 is 1.48 bits per heavy atom. The summed E-state index contributed by atoms with van der Waals surface area (Å²) >= 11 is 0. The minimum Gasteiger partial charge on any atom is -0.382 e. The van der Waals surface area contributed by atoms with E-state index < -0.39 is 6.10 Å². The van der Waals surface area contributed by atoms with Crippen LogP contribution in [0.3, 0.4) is 0 Å². The van der Waals surface area contributed by atoms with Gasteiger partial charge in [0.15, 0.2) is 0 Å². The number of carbonyl (C=O) groups excluding carboxylic acids is 1. The van der Waals surface area contributed by atoms with Crippen molar-refractivity contribution >= 4 is 11.6 Å². The van der Waals surface area contributed by atoms with Crippen molar-refractivity contribution in [3.05, 3.63) is 30.4 Å². The number of likely N-dealkylation sites (N-methyl/N-ethyl adjacent to an activating group) is 1. The van der Waals surface area contributed by atoms with E-state index in [0.29, 0.717) is 18.1 Å². The van der Waals surface area contributed by atoms with Gasteiger partial charge in [0.05, 0.1) is 12.3 Å². The quantitative estimate of drug-likeness (QED) is 0.832. The molecule has 0 aliphatic carbocycles. The molecular weight excluding hydrogens is 298 g/mol. The van der Waals surface area contributed by atoms with Crippen LogP contribution in [-0.4, -0.2) is 44.8 Å². The zero-order valence-corrected chi connectivity index (χ0v) is 13.0. The molecule has 3 rings (SSSR count). The topological polar surface area (TPSA) is 93.7 Å². The number of oxime groups is 1. The Labute approximate surface area is 133 Å². The van der Waals surface area contributed by atoms with E-state index in [1.807, 2.05) is 13.0 Å². The smallest absolute Gasteiger partial charge is 0.267 e. The van der Waals surface area contributed by atoms with E-state index in [-0.39, 0.29) is 12.5 Å². The van der Waals surface area contributed by atoms with Gasteiger partial charge in [-0.3, -0.25) is 9.78 Å². The highest BCUT2D eigenvalue weighted by atomic mass is 16.6. The van der Waals surface area contributed by atoms with E-state index >= 15 is 0 Å². The number of carbonyl (C=O) groups is 1. The number of pyridine rings is 1. The number of amides is 1. The molecule has 0 N–H and O–H groups in total. The molecule has 8 nitrogen and oxygen atoms in total. The fraction of sp³-hybridized carbons (Fsp3) is 0.400. The molecule has 0 bridgehead atoms. The Kier molecular flexibility index (Phi) is 4.31. The molecule has 2 aromatic rings. The van der Waals surface area contributed by atoms with Gasteiger partial charge in [-0.1, -0.05) is 17.2 Å². The first-order chi connectivity index (χ1) is 11.2. The van der Waals surface area contributed by atoms with E-state index in [9.17, 15) is 4.79 Å².